The van der Waals surface area contributed by atoms with Crippen molar-refractivity contribution in [3.8, 4) is 6.07 Å². The largest absolute Gasteiger partial charge is 0.364 e. The normalized spacial score (nSPS) is 10.6. The number of nitrogens with zero attached hydrogens (tertiary/aromatic N) is 3. The molecule has 1 amide bonds. The number of carbonyl (C=O) groups is 1. The van der Waals surface area contributed by atoms with Gasteiger partial charge >= 0.3 is 0 Å². The Labute approximate surface area is 106 Å². The van der Waals surface area contributed by atoms with Crippen LogP contribution in [0.4, 0.5) is 11.4 Å². The number of amides is 1. The minimum Gasteiger partial charge on any atom is -0.364 e. The van der Waals surface area contributed by atoms with Crippen molar-refractivity contribution < 1.29 is 9.72 Å². The second-order valence-corrected chi connectivity index (χ2v) is 3.38. The molecule has 0 aromatic heterocycles. The molecule has 8 nitrogen and oxygen atoms in total. The van der Waals surface area contributed by atoms with Gasteiger partial charge in [0.25, 0.3) is 11.6 Å². The van der Waals surface area contributed by atoms with Crippen LogP contribution in [0.1, 0.15) is 0 Å². The lowest BCUT2D eigenvalue weighted by atomic mass is 10.3. The summed E-state index contributed by atoms with van der Waals surface area (Å²) in [6, 6.07) is 5.27. The summed E-state index contributed by atoms with van der Waals surface area (Å²) < 4.78 is 0. The summed E-state index contributed by atoms with van der Waals surface area (Å²) in [7, 11) is 0. The minimum absolute atomic E-state index is 0.0371. The third-order valence-corrected chi connectivity index (χ3v) is 2.10. The zero-order valence-electron chi connectivity index (χ0n) is 8.75. The summed E-state index contributed by atoms with van der Waals surface area (Å²) in [4.78, 5) is 20.6. The Hall–Kier alpha value is -2.66. The molecule has 9 heteroatoms. The van der Waals surface area contributed by atoms with Gasteiger partial charge in [0.1, 0.15) is 11.1 Å². The molecule has 0 unspecified atom stereocenters. The topological polar surface area (TPSA) is 134 Å². The van der Waals surface area contributed by atoms with E-state index >= 15 is 0 Å². The lowest BCUT2D eigenvalue weighted by Crippen LogP contribution is -2.22. The van der Waals surface area contributed by atoms with Crippen LogP contribution < -0.4 is 11.2 Å². The Kier molecular flexibility index (Phi) is 4.17. The van der Waals surface area contributed by atoms with Crippen LogP contribution in [-0.2, 0) is 4.79 Å². The Morgan fingerprint density at radius 1 is 1.61 bits per heavy atom. The average Bonchev–Trinajstić information content (AvgIpc) is 2.31. The van der Waals surface area contributed by atoms with Gasteiger partial charge in [-0.15, -0.1) is 0 Å². The molecule has 18 heavy (non-hydrogen) atoms. The minimum atomic E-state index is -1.01. The molecule has 92 valence electrons. The number of anilines is 1. The highest BCUT2D eigenvalue weighted by Crippen LogP contribution is 2.27. The lowest BCUT2D eigenvalue weighted by molar-refractivity contribution is -0.384. The van der Waals surface area contributed by atoms with Crippen LogP contribution in [0.2, 0.25) is 5.02 Å². The van der Waals surface area contributed by atoms with E-state index in [2.05, 4.69) is 10.5 Å². The molecule has 1 aromatic rings. The molecule has 0 aliphatic heterocycles. The molecule has 0 atom stereocenters. The number of carbonyl (C=O) groups excluding carboxylic acids is 1. The maximum absolute atomic E-state index is 10.7. The maximum Gasteiger partial charge on any atom is 0.290 e. The molecule has 0 radical (unpaired) electrons. The number of nitro benzene ring substituents is 1. The number of nitrogens with one attached hydrogen (secondary N) is 1. The van der Waals surface area contributed by atoms with Gasteiger partial charge in [-0.25, -0.2) is 0 Å². The van der Waals surface area contributed by atoms with E-state index in [0.29, 0.717) is 0 Å². The van der Waals surface area contributed by atoms with Gasteiger partial charge in [0.15, 0.2) is 0 Å². The lowest BCUT2D eigenvalue weighted by Gasteiger charge is -2.01. The summed E-state index contributed by atoms with van der Waals surface area (Å²) in [5.41, 5.74) is 6.47. The van der Waals surface area contributed by atoms with E-state index in [4.69, 9.17) is 22.6 Å². The second-order valence-electron chi connectivity index (χ2n) is 2.97. The highest BCUT2D eigenvalue weighted by molar-refractivity contribution is 6.44. The van der Waals surface area contributed by atoms with Crippen molar-refractivity contribution in [3.63, 3.8) is 0 Å². The fourth-order valence-corrected chi connectivity index (χ4v) is 1.16. The van der Waals surface area contributed by atoms with Crippen molar-refractivity contribution in [2.75, 3.05) is 5.43 Å². The second kappa shape index (κ2) is 5.60. The van der Waals surface area contributed by atoms with E-state index < -0.39 is 16.5 Å². The number of nitrogens with two attached hydrogens (primary N) is 1. The Morgan fingerprint density at radius 2 is 2.28 bits per heavy atom. The molecule has 0 saturated carbocycles. The van der Waals surface area contributed by atoms with E-state index in [1.807, 2.05) is 0 Å². The fraction of sp³-hybridized carbons (Fsp3) is 0. The number of benzene rings is 1. The third-order valence-electron chi connectivity index (χ3n) is 1.78. The zero-order valence-corrected chi connectivity index (χ0v) is 9.51. The molecule has 0 spiro atoms. The highest BCUT2D eigenvalue weighted by Gasteiger charge is 2.13. The quantitative estimate of drug-likeness (QED) is 0.477. The van der Waals surface area contributed by atoms with Crippen molar-refractivity contribution in [1.82, 2.24) is 0 Å². The van der Waals surface area contributed by atoms with Crippen molar-refractivity contribution >= 4 is 34.6 Å². The van der Waals surface area contributed by atoms with Gasteiger partial charge in [-0.05, 0) is 12.1 Å². The number of hydrogen-bond donors (Lipinski definition) is 2. The Balaban J connectivity index is 3.00. The van der Waals surface area contributed by atoms with Crippen molar-refractivity contribution in [1.29, 1.82) is 5.26 Å². The molecule has 1 rings (SSSR count). The smallest absolute Gasteiger partial charge is 0.290 e. The van der Waals surface area contributed by atoms with Crippen LogP contribution in [0.25, 0.3) is 0 Å². The Bertz CT molecular complexity index is 578. The molecule has 0 saturated heterocycles. The zero-order chi connectivity index (χ0) is 13.7. The summed E-state index contributed by atoms with van der Waals surface area (Å²) >= 11 is 5.60. The van der Waals surface area contributed by atoms with Crippen molar-refractivity contribution in [2.45, 2.75) is 0 Å². The van der Waals surface area contributed by atoms with Crippen molar-refractivity contribution in [3.05, 3.63) is 33.3 Å². The first-order valence-electron chi connectivity index (χ1n) is 4.43. The van der Waals surface area contributed by atoms with E-state index in [0.717, 1.165) is 6.07 Å². The van der Waals surface area contributed by atoms with Crippen LogP contribution in [0.15, 0.2) is 23.3 Å². The van der Waals surface area contributed by atoms with Crippen LogP contribution in [0.5, 0.6) is 0 Å². The number of hydrazone groups is 1. The first kappa shape index (κ1) is 13.4. The van der Waals surface area contributed by atoms with Gasteiger partial charge in [-0.3, -0.25) is 20.3 Å². The predicted octanol–water partition coefficient (Wildman–Crippen LogP) is 1.02. The molecule has 3 N–H and O–H groups in total. The van der Waals surface area contributed by atoms with Gasteiger partial charge in [0.2, 0.25) is 5.71 Å². The van der Waals surface area contributed by atoms with Crippen LogP contribution in [0, 0.1) is 21.4 Å². The molecule has 0 aliphatic rings. The molecule has 0 heterocycles. The average molecular weight is 268 g/mol. The van der Waals surface area contributed by atoms with Gasteiger partial charge in [0.05, 0.1) is 10.6 Å². The summed E-state index contributed by atoms with van der Waals surface area (Å²) in [6.45, 7) is 0. The number of halogens is 1. The first-order valence-corrected chi connectivity index (χ1v) is 4.81. The highest BCUT2D eigenvalue weighted by atomic mass is 35.5. The molecule has 0 fully saturated rings. The van der Waals surface area contributed by atoms with E-state index in [1.54, 1.807) is 0 Å². The van der Waals surface area contributed by atoms with Gasteiger partial charge in [-0.2, -0.15) is 10.4 Å². The summed E-state index contributed by atoms with van der Waals surface area (Å²) in [6.07, 6.45) is 0. The van der Waals surface area contributed by atoms with Gasteiger partial charge < -0.3 is 5.73 Å². The monoisotopic (exact) mass is 267 g/mol. The van der Waals surface area contributed by atoms with Crippen molar-refractivity contribution in [2.24, 2.45) is 10.8 Å². The Morgan fingerprint density at radius 3 is 2.78 bits per heavy atom. The number of primary amides is 1. The van der Waals surface area contributed by atoms with Crippen LogP contribution >= 0.6 is 11.6 Å². The number of nitro groups is 1. The standard InChI is InChI=1S/C9H6ClN5O3/c10-6-2-1-5(3-8(6)15(17)18)13-14-7(4-11)9(12)16/h1-3,13H,(H2,12,16)/b14-7+. The molecular weight excluding hydrogens is 262 g/mol. The summed E-state index contributed by atoms with van der Waals surface area (Å²) in [5, 5.41) is 22.5. The number of nitriles is 1. The first-order chi connectivity index (χ1) is 8.45. The van der Waals surface area contributed by atoms with E-state index in [9.17, 15) is 14.9 Å². The van der Waals surface area contributed by atoms with E-state index in [-0.39, 0.29) is 16.4 Å². The van der Waals surface area contributed by atoms with E-state index in [1.165, 1.54) is 18.2 Å². The summed E-state index contributed by atoms with van der Waals surface area (Å²) in [5.74, 6) is -1.01. The van der Waals surface area contributed by atoms with Gasteiger partial charge in [-0.1, -0.05) is 11.6 Å². The number of hydrogen-bond acceptors (Lipinski definition) is 6. The number of rotatable bonds is 4. The molecule has 1 aromatic carbocycles. The maximum atomic E-state index is 10.7. The molecule has 0 bridgehead atoms. The van der Waals surface area contributed by atoms with Crippen LogP contribution in [0.3, 0.4) is 0 Å². The molecule has 0 aliphatic carbocycles. The molecular formula is C9H6ClN5O3. The van der Waals surface area contributed by atoms with Gasteiger partial charge in [0, 0.05) is 6.07 Å². The third kappa shape index (κ3) is 3.16. The fourth-order valence-electron chi connectivity index (χ4n) is 0.978. The van der Waals surface area contributed by atoms with Crippen LogP contribution in [-0.4, -0.2) is 16.5 Å². The SMILES string of the molecule is N#C/C(=N\Nc1ccc(Cl)c([N+](=O)[O-])c1)C(N)=O. The predicted molar refractivity (Wildman–Crippen MR) is 64.0 cm³/mol.